The number of amides is 1. The zero-order valence-electron chi connectivity index (χ0n) is 13.8. The van der Waals surface area contributed by atoms with Gasteiger partial charge in [0, 0.05) is 10.4 Å². The van der Waals surface area contributed by atoms with Crippen molar-refractivity contribution in [2.75, 3.05) is 6.61 Å². The van der Waals surface area contributed by atoms with Crippen LogP contribution in [0.4, 0.5) is 0 Å². The Morgan fingerprint density at radius 3 is 3.00 bits per heavy atom. The molecule has 0 fully saturated rings. The second-order valence-electron chi connectivity index (χ2n) is 5.84. The number of nitrogens with zero attached hydrogens (tertiary/aromatic N) is 3. The maximum atomic E-state index is 12.2. The van der Waals surface area contributed by atoms with Crippen molar-refractivity contribution in [3.63, 3.8) is 0 Å². The third-order valence-corrected chi connectivity index (χ3v) is 4.18. The van der Waals surface area contributed by atoms with Gasteiger partial charge in [0.15, 0.2) is 6.61 Å². The van der Waals surface area contributed by atoms with E-state index in [0.717, 1.165) is 11.0 Å². The Balaban J connectivity index is 1.40. The van der Waals surface area contributed by atoms with Crippen LogP contribution in [0.5, 0.6) is 0 Å². The number of aromatic nitrogens is 3. The summed E-state index contributed by atoms with van der Waals surface area (Å²) in [7, 11) is 0. The minimum absolute atomic E-state index is 0.213. The summed E-state index contributed by atoms with van der Waals surface area (Å²) in [5.41, 5.74) is 2.01. The Labute approximate surface area is 153 Å². The highest BCUT2D eigenvalue weighted by molar-refractivity contribution is 6.31. The fourth-order valence-corrected chi connectivity index (χ4v) is 2.82. The number of hydrogen-bond acceptors (Lipinski definition) is 5. The number of nitrogens with one attached hydrogen (secondary N) is 1. The van der Waals surface area contributed by atoms with Crippen LogP contribution in [-0.2, 0) is 4.79 Å². The van der Waals surface area contributed by atoms with Gasteiger partial charge in [-0.1, -0.05) is 34.6 Å². The molecule has 0 aliphatic rings. The molecule has 2 aromatic carbocycles. The van der Waals surface area contributed by atoms with E-state index in [2.05, 4.69) is 15.6 Å². The van der Waals surface area contributed by atoms with E-state index in [1.54, 1.807) is 18.2 Å². The molecular formula is C18H15ClN4O3. The number of benzene rings is 2. The van der Waals surface area contributed by atoms with Crippen molar-refractivity contribution in [2.45, 2.75) is 13.0 Å². The van der Waals surface area contributed by atoms with Gasteiger partial charge in [-0.05, 0) is 42.5 Å². The highest BCUT2D eigenvalue weighted by Gasteiger charge is 2.15. The molecule has 4 rings (SSSR count). The first-order valence-electron chi connectivity index (χ1n) is 8.02. The quantitative estimate of drug-likeness (QED) is 0.583. The maximum absolute atomic E-state index is 12.2. The first-order chi connectivity index (χ1) is 12.6. The van der Waals surface area contributed by atoms with Gasteiger partial charge >= 0.3 is 0 Å². The largest absolute Gasteiger partial charge is 0.459 e. The van der Waals surface area contributed by atoms with E-state index in [0.29, 0.717) is 21.8 Å². The van der Waals surface area contributed by atoms with Crippen molar-refractivity contribution in [3.8, 4) is 0 Å². The third-order valence-electron chi connectivity index (χ3n) is 3.94. The summed E-state index contributed by atoms with van der Waals surface area (Å²) < 4.78 is 5.75. The van der Waals surface area contributed by atoms with Crippen molar-refractivity contribution in [2.24, 2.45) is 0 Å². The highest BCUT2D eigenvalue weighted by atomic mass is 35.5. The molecule has 2 aromatic heterocycles. The maximum Gasteiger partial charge on any atom is 0.261 e. The average molecular weight is 371 g/mol. The topological polar surface area (TPSA) is 82.2 Å². The van der Waals surface area contributed by atoms with E-state index in [4.69, 9.17) is 20.9 Å². The number of para-hydroxylation sites is 1. The average Bonchev–Trinajstić information content (AvgIpc) is 3.23. The van der Waals surface area contributed by atoms with Gasteiger partial charge in [0.05, 0.1) is 6.04 Å². The lowest BCUT2D eigenvalue weighted by Crippen LogP contribution is -2.33. The summed E-state index contributed by atoms with van der Waals surface area (Å²) in [5.74, 6) is 0.376. The Kier molecular flexibility index (Phi) is 4.22. The monoisotopic (exact) mass is 370 g/mol. The molecule has 2 heterocycles. The minimum Gasteiger partial charge on any atom is -0.459 e. The summed E-state index contributed by atoms with van der Waals surface area (Å²) in [6, 6.07) is 14.4. The molecule has 0 aliphatic heterocycles. The molecule has 4 aromatic rings. The number of fused-ring (bicyclic) bond motifs is 2. The highest BCUT2D eigenvalue weighted by Crippen LogP contribution is 2.23. The fraction of sp³-hybridized carbons (Fsp3) is 0.167. The van der Waals surface area contributed by atoms with E-state index in [1.165, 1.54) is 4.85 Å². The standard InChI is InChI=1S/C18H15ClN4O3/c1-11(17-8-12-4-2-3-5-16(12)26-17)20-18(24)10-25-23-15-9-13(19)6-7-14(15)21-22-23/h2-9,11H,10H2,1H3,(H,20,24). The number of carbonyl (C=O) groups is 1. The summed E-state index contributed by atoms with van der Waals surface area (Å²) in [4.78, 5) is 18.8. The Hall–Kier alpha value is -3.06. The number of furan rings is 1. The SMILES string of the molecule is CC(NC(=O)COn1nnc2ccc(Cl)cc21)c1cc2ccccc2o1. The normalized spacial score (nSPS) is 12.4. The van der Waals surface area contributed by atoms with Gasteiger partial charge in [0.2, 0.25) is 0 Å². The van der Waals surface area contributed by atoms with Crippen LogP contribution >= 0.6 is 11.6 Å². The molecule has 7 nitrogen and oxygen atoms in total. The third kappa shape index (κ3) is 3.21. The van der Waals surface area contributed by atoms with Crippen LogP contribution in [0.15, 0.2) is 52.9 Å². The van der Waals surface area contributed by atoms with Crippen molar-refractivity contribution in [1.29, 1.82) is 0 Å². The summed E-state index contributed by atoms with van der Waals surface area (Å²) in [5, 5.41) is 12.2. The predicted octanol–water partition coefficient (Wildman–Crippen LogP) is 3.14. The molecule has 132 valence electrons. The van der Waals surface area contributed by atoms with Gasteiger partial charge in [-0.2, -0.15) is 0 Å². The second-order valence-corrected chi connectivity index (χ2v) is 6.28. The van der Waals surface area contributed by atoms with E-state index in [1.807, 2.05) is 37.3 Å². The smallest absolute Gasteiger partial charge is 0.261 e. The van der Waals surface area contributed by atoms with Crippen molar-refractivity contribution in [1.82, 2.24) is 20.5 Å². The molecule has 0 saturated heterocycles. The molecule has 0 bridgehead atoms. The molecule has 8 heteroatoms. The van der Waals surface area contributed by atoms with Crippen molar-refractivity contribution >= 4 is 39.5 Å². The van der Waals surface area contributed by atoms with Crippen LogP contribution in [0.3, 0.4) is 0 Å². The summed E-state index contributed by atoms with van der Waals surface area (Å²) in [6.07, 6.45) is 0. The number of hydrogen-bond donors (Lipinski definition) is 1. The Bertz CT molecular complexity index is 1060. The van der Waals surface area contributed by atoms with Crippen LogP contribution in [0.1, 0.15) is 18.7 Å². The van der Waals surface area contributed by atoms with Crippen LogP contribution < -0.4 is 10.2 Å². The molecule has 1 N–H and O–H groups in total. The van der Waals surface area contributed by atoms with E-state index >= 15 is 0 Å². The molecule has 0 spiro atoms. The van der Waals surface area contributed by atoms with Crippen molar-refractivity contribution < 1.29 is 14.0 Å². The Morgan fingerprint density at radius 2 is 2.15 bits per heavy atom. The van der Waals surface area contributed by atoms with Crippen molar-refractivity contribution in [3.05, 3.63) is 59.3 Å². The van der Waals surface area contributed by atoms with Gasteiger partial charge in [0.1, 0.15) is 22.4 Å². The minimum atomic E-state index is -0.302. The lowest BCUT2D eigenvalue weighted by Gasteiger charge is -2.11. The van der Waals surface area contributed by atoms with Crippen LogP contribution in [0.2, 0.25) is 5.02 Å². The molecule has 0 aliphatic carbocycles. The van der Waals surface area contributed by atoms with Gasteiger partial charge < -0.3 is 14.6 Å². The number of rotatable bonds is 5. The number of halogens is 1. The summed E-state index contributed by atoms with van der Waals surface area (Å²) in [6.45, 7) is 1.63. The molecule has 1 unspecified atom stereocenters. The van der Waals surface area contributed by atoms with Gasteiger partial charge in [0.25, 0.3) is 5.91 Å². The predicted molar refractivity (Wildman–Crippen MR) is 96.8 cm³/mol. The van der Waals surface area contributed by atoms with E-state index in [9.17, 15) is 4.79 Å². The summed E-state index contributed by atoms with van der Waals surface area (Å²) >= 11 is 5.97. The fourth-order valence-electron chi connectivity index (χ4n) is 2.66. The first kappa shape index (κ1) is 16.4. The first-order valence-corrected chi connectivity index (χ1v) is 8.40. The van der Waals surface area contributed by atoms with Gasteiger partial charge in [-0.3, -0.25) is 4.79 Å². The molecule has 0 radical (unpaired) electrons. The molecule has 0 saturated carbocycles. The van der Waals surface area contributed by atoms with Gasteiger partial charge in [-0.15, -0.1) is 5.10 Å². The molecular weight excluding hydrogens is 356 g/mol. The van der Waals surface area contributed by atoms with E-state index < -0.39 is 0 Å². The van der Waals surface area contributed by atoms with Gasteiger partial charge in [-0.25, -0.2) is 0 Å². The second kappa shape index (κ2) is 6.68. The molecule has 1 amide bonds. The van der Waals surface area contributed by atoms with Crippen LogP contribution in [0.25, 0.3) is 22.0 Å². The lowest BCUT2D eigenvalue weighted by atomic mass is 10.2. The molecule has 26 heavy (non-hydrogen) atoms. The zero-order chi connectivity index (χ0) is 18.1. The van der Waals surface area contributed by atoms with Crippen LogP contribution in [0, 0.1) is 0 Å². The Morgan fingerprint density at radius 1 is 1.31 bits per heavy atom. The zero-order valence-corrected chi connectivity index (χ0v) is 14.6. The number of carbonyl (C=O) groups excluding carboxylic acids is 1. The van der Waals surface area contributed by atoms with E-state index in [-0.39, 0.29) is 18.6 Å². The molecule has 1 atom stereocenters. The lowest BCUT2D eigenvalue weighted by molar-refractivity contribution is -0.127. The van der Waals surface area contributed by atoms with Crippen LogP contribution in [-0.4, -0.2) is 27.7 Å².